The number of aliphatic hydroxyl groups excluding tert-OH is 2. The van der Waals surface area contributed by atoms with Gasteiger partial charge < -0.3 is 15.3 Å². The van der Waals surface area contributed by atoms with Crippen LogP contribution in [0.3, 0.4) is 0 Å². The molecule has 0 aliphatic heterocycles. The average Bonchev–Trinajstić information content (AvgIpc) is 3.18. The third kappa shape index (κ3) is 7.45. The zero-order valence-corrected chi connectivity index (χ0v) is 19.3. The minimum atomic E-state index is -0.868. The van der Waals surface area contributed by atoms with E-state index in [0.29, 0.717) is 28.5 Å². The van der Waals surface area contributed by atoms with Gasteiger partial charge >= 0.3 is 5.97 Å². The first-order valence-electron chi connectivity index (χ1n) is 9.92. The van der Waals surface area contributed by atoms with Crippen molar-refractivity contribution in [3.05, 3.63) is 34.0 Å². The fraction of sp³-hybridized carbons (Fsp3) is 0.667. The monoisotopic (exact) mass is 492 g/mol. The predicted octanol–water partition coefficient (Wildman–Crippen LogP) is 5.24. The van der Waals surface area contributed by atoms with Crippen LogP contribution in [0.4, 0.5) is 0 Å². The second-order valence-corrected chi connectivity index (χ2v) is 10.6. The number of carboxylic acid groups (broad SMARTS) is 1. The summed E-state index contributed by atoms with van der Waals surface area (Å²) in [6.07, 6.45) is 9.03. The number of thiophene rings is 1. The molecule has 1 aliphatic carbocycles. The third-order valence-corrected chi connectivity index (χ3v) is 7.96. The van der Waals surface area contributed by atoms with Crippen LogP contribution in [0.15, 0.2) is 24.3 Å². The van der Waals surface area contributed by atoms with Crippen LogP contribution < -0.4 is 0 Å². The molecule has 1 saturated carbocycles. The molecular weight excluding hydrogens is 464 g/mol. The molecule has 28 heavy (non-hydrogen) atoms. The molecule has 6 atom stereocenters. The lowest BCUT2D eigenvalue weighted by atomic mass is 9.89. The maximum absolute atomic E-state index is 11.0. The largest absolute Gasteiger partial charge is 0.477 e. The van der Waals surface area contributed by atoms with Crippen LogP contribution in [0.2, 0.25) is 0 Å². The molecule has 0 unspecified atom stereocenters. The van der Waals surface area contributed by atoms with Crippen LogP contribution in [0.1, 0.15) is 60.0 Å². The summed E-state index contributed by atoms with van der Waals surface area (Å²) >= 11 is 11.7. The van der Waals surface area contributed by atoms with Crippen LogP contribution in [-0.4, -0.2) is 43.7 Å². The van der Waals surface area contributed by atoms with E-state index in [2.05, 4.69) is 22.0 Å². The zero-order valence-electron chi connectivity index (χ0n) is 16.1. The molecule has 4 nitrogen and oxygen atoms in total. The van der Waals surface area contributed by atoms with E-state index in [9.17, 15) is 15.0 Å². The number of aliphatic hydroxyl groups is 2. The lowest BCUT2D eigenvalue weighted by Crippen LogP contribution is -2.17. The molecule has 1 fully saturated rings. The van der Waals surface area contributed by atoms with Crippen molar-refractivity contribution in [1.82, 2.24) is 0 Å². The van der Waals surface area contributed by atoms with Crippen LogP contribution in [-0.2, 0) is 6.42 Å². The summed E-state index contributed by atoms with van der Waals surface area (Å²) in [6.45, 7) is 1.76. The molecule has 0 spiro atoms. The molecule has 1 aromatic rings. The zero-order chi connectivity index (χ0) is 20.7. The minimum Gasteiger partial charge on any atom is -0.477 e. The van der Waals surface area contributed by atoms with Crippen molar-refractivity contribution < 1.29 is 20.1 Å². The number of halogens is 2. The van der Waals surface area contributed by atoms with Gasteiger partial charge in [-0.2, -0.15) is 0 Å². The van der Waals surface area contributed by atoms with Crippen LogP contribution in [0, 0.1) is 11.8 Å². The van der Waals surface area contributed by atoms with Gasteiger partial charge in [0.25, 0.3) is 0 Å². The van der Waals surface area contributed by atoms with Gasteiger partial charge in [0.2, 0.25) is 0 Å². The molecule has 1 aromatic heterocycles. The lowest BCUT2D eigenvalue weighted by Gasteiger charge is -2.21. The van der Waals surface area contributed by atoms with Crippen LogP contribution >= 0.6 is 38.9 Å². The Bertz CT molecular complexity index is 648. The Morgan fingerprint density at radius 2 is 2.11 bits per heavy atom. The van der Waals surface area contributed by atoms with E-state index in [1.165, 1.54) is 11.3 Å². The molecule has 1 heterocycles. The van der Waals surface area contributed by atoms with Crippen molar-refractivity contribution in [3.63, 3.8) is 0 Å². The average molecular weight is 494 g/mol. The third-order valence-electron chi connectivity index (χ3n) is 5.34. The number of allylic oxidation sites excluding steroid dienone is 1. The highest BCUT2D eigenvalue weighted by Gasteiger charge is 2.39. The predicted molar refractivity (Wildman–Crippen MR) is 119 cm³/mol. The van der Waals surface area contributed by atoms with Crippen molar-refractivity contribution in [1.29, 1.82) is 0 Å². The van der Waals surface area contributed by atoms with Crippen molar-refractivity contribution in [2.75, 3.05) is 0 Å². The second kappa shape index (κ2) is 11.7. The number of hydrogen-bond acceptors (Lipinski definition) is 4. The van der Waals surface area contributed by atoms with Gasteiger partial charge in [-0.25, -0.2) is 4.79 Å². The van der Waals surface area contributed by atoms with Gasteiger partial charge in [-0.15, -0.1) is 22.9 Å². The minimum absolute atomic E-state index is 0.101. The summed E-state index contributed by atoms with van der Waals surface area (Å²) < 4.78 is 0. The number of carboxylic acids is 1. The Hall–Kier alpha value is -0.400. The molecule has 7 heteroatoms. The Balaban J connectivity index is 1.84. The first-order valence-corrected chi connectivity index (χ1v) is 12.1. The van der Waals surface area contributed by atoms with Crippen LogP contribution in [0.25, 0.3) is 0 Å². The maximum atomic E-state index is 11.0. The van der Waals surface area contributed by atoms with Gasteiger partial charge in [-0.1, -0.05) is 28.1 Å². The number of aromatic carboxylic acids is 1. The highest BCUT2D eigenvalue weighted by molar-refractivity contribution is 9.09. The lowest BCUT2D eigenvalue weighted by molar-refractivity contribution is 0.0702. The standard InChI is InChI=1S/C21H30BrClO4S/c1-13(24)4-2-5-14(25)8-10-16-17(19(23)12-18(16)22)7-3-6-15-9-11-20(28-15)21(26)27/h8-11,13-14,16-19,24-25H,2-7,12H2,1H3,(H,26,27)/b10-8+/t13-,14+,16-,17-,18-,19-/m1/s1. The number of aryl methyl sites for hydroxylation is 1. The molecule has 2 rings (SSSR count). The normalized spacial score (nSPS) is 27.3. The fourth-order valence-electron chi connectivity index (χ4n) is 3.81. The Labute approximate surface area is 184 Å². The highest BCUT2D eigenvalue weighted by Crippen LogP contribution is 2.43. The Morgan fingerprint density at radius 3 is 2.75 bits per heavy atom. The highest BCUT2D eigenvalue weighted by atomic mass is 79.9. The number of rotatable bonds is 11. The molecule has 158 valence electrons. The van der Waals surface area contributed by atoms with Gasteiger partial charge in [0.1, 0.15) is 4.88 Å². The molecule has 1 aliphatic rings. The number of hydrogen-bond donors (Lipinski definition) is 3. The van der Waals surface area contributed by atoms with Crippen LogP contribution in [0.5, 0.6) is 0 Å². The molecule has 0 aromatic carbocycles. The van der Waals surface area contributed by atoms with Crippen molar-refractivity contribution in [3.8, 4) is 0 Å². The number of alkyl halides is 2. The molecule has 0 amide bonds. The maximum Gasteiger partial charge on any atom is 0.345 e. The van der Waals surface area contributed by atoms with Crippen molar-refractivity contribution >= 4 is 44.8 Å². The van der Waals surface area contributed by atoms with E-state index in [1.54, 1.807) is 13.0 Å². The van der Waals surface area contributed by atoms with E-state index in [1.807, 2.05) is 12.1 Å². The summed E-state index contributed by atoms with van der Waals surface area (Å²) in [4.78, 5) is 12.8. The fourth-order valence-corrected chi connectivity index (χ4v) is 6.37. The van der Waals surface area contributed by atoms with Gasteiger partial charge in [0.05, 0.1) is 12.2 Å². The quantitative estimate of drug-likeness (QED) is 0.291. The topological polar surface area (TPSA) is 77.8 Å². The van der Waals surface area contributed by atoms with E-state index in [4.69, 9.17) is 16.7 Å². The van der Waals surface area contributed by atoms with Gasteiger partial charge in [0.15, 0.2) is 0 Å². The second-order valence-electron chi connectivity index (χ2n) is 7.70. The van der Waals surface area contributed by atoms with E-state index in [0.717, 1.165) is 37.0 Å². The SMILES string of the molecule is C[C@@H](O)CCC[C@H](O)/C=C/[C@@H]1[C@@H](CCCc2ccc(C(=O)O)s2)[C@H](Cl)C[C@H]1Br. The van der Waals surface area contributed by atoms with Gasteiger partial charge in [-0.05, 0) is 75.8 Å². The van der Waals surface area contributed by atoms with Crippen molar-refractivity contribution in [2.24, 2.45) is 11.8 Å². The molecule has 0 saturated heterocycles. The summed E-state index contributed by atoms with van der Waals surface area (Å²) in [6, 6.07) is 3.57. The Morgan fingerprint density at radius 1 is 1.36 bits per heavy atom. The van der Waals surface area contributed by atoms with Crippen molar-refractivity contribution in [2.45, 2.75) is 74.3 Å². The number of carbonyl (C=O) groups is 1. The summed E-state index contributed by atoms with van der Waals surface area (Å²) in [5, 5.41) is 28.6. The summed E-state index contributed by atoms with van der Waals surface area (Å²) in [5.74, 6) is -0.245. The van der Waals surface area contributed by atoms with Gasteiger partial charge in [-0.3, -0.25) is 0 Å². The molecular formula is C21H30BrClO4S. The van der Waals surface area contributed by atoms with E-state index in [-0.39, 0.29) is 17.4 Å². The first-order chi connectivity index (χ1) is 13.3. The van der Waals surface area contributed by atoms with Gasteiger partial charge in [0, 0.05) is 15.1 Å². The molecule has 0 radical (unpaired) electrons. The summed E-state index contributed by atoms with van der Waals surface area (Å²) in [7, 11) is 0. The first kappa shape index (κ1) is 23.9. The molecule has 0 bridgehead atoms. The Kier molecular flexibility index (Phi) is 9.98. The van der Waals surface area contributed by atoms with E-state index >= 15 is 0 Å². The van der Waals surface area contributed by atoms with E-state index < -0.39 is 12.1 Å². The summed E-state index contributed by atoms with van der Waals surface area (Å²) in [5.41, 5.74) is 0. The smallest absolute Gasteiger partial charge is 0.345 e. The molecule has 3 N–H and O–H groups in total.